The first-order valence-corrected chi connectivity index (χ1v) is 31.9. The number of phenolic OH excluding ortho intramolecular Hbond substituents is 3. The molecule has 15 rings (SSSR count). The average Bonchev–Trinajstić information content (AvgIpc) is 0.754. The van der Waals surface area contributed by atoms with E-state index < -0.39 is 45.3 Å². The number of fused-ring (bicyclic) bond motifs is 3. The summed E-state index contributed by atoms with van der Waals surface area (Å²) in [5, 5.41) is 98.1. The Balaban J connectivity index is 0.000000118. The molecule has 9 fully saturated rings. The Morgan fingerprint density at radius 1 is 0.464 bits per heavy atom. The number of ketones is 1. The maximum absolute atomic E-state index is 12.5. The minimum absolute atomic E-state index is 0.0172. The maximum atomic E-state index is 12.5. The number of carbonyl (C=O) groups excluding carboxylic acids is 4. The van der Waals surface area contributed by atoms with Gasteiger partial charge in [0, 0.05) is 83.5 Å². The third-order valence-electron chi connectivity index (χ3n) is 24.4. The predicted molar refractivity (Wildman–Crippen MR) is 315 cm³/mol. The molecule has 0 unspecified atom stereocenters. The molecular formula is C66H88N6O12. The number of benzene rings is 3. The summed E-state index contributed by atoms with van der Waals surface area (Å²) < 4.78 is 0. The SMILES string of the molecule is O=CNc1ccc2c(c1O)[C@]13CCN(CC4CCC4)[C@H](C2)[C@]1(O)CCC(=O)C3.O=CNc1ccc2c(c1O)[C@]13CCN(CC4CCC4)[C@H](C2)[C@]1(O)CC[C@@H](O)C3.O=CNc1ccc2c(c1O)[C@]13CCN(CC4CCC4)[C@H](C2)[C@]1(O)CC[C@H](O)C3. The summed E-state index contributed by atoms with van der Waals surface area (Å²) in [6, 6.07) is 11.1. The number of likely N-dealkylation sites (tertiary alicyclic amines) is 3. The van der Waals surface area contributed by atoms with E-state index in [2.05, 4.69) is 30.7 Å². The number of rotatable bonds is 12. The van der Waals surface area contributed by atoms with Crippen molar-refractivity contribution in [1.29, 1.82) is 0 Å². The molecule has 454 valence electrons. The molecule has 18 heteroatoms. The van der Waals surface area contributed by atoms with Gasteiger partial charge in [-0.25, -0.2) is 0 Å². The summed E-state index contributed by atoms with van der Waals surface area (Å²) in [6.45, 7) is 5.68. The van der Waals surface area contributed by atoms with Crippen molar-refractivity contribution in [2.45, 2.75) is 217 Å². The Bertz CT molecular complexity index is 2930. The van der Waals surface area contributed by atoms with Gasteiger partial charge < -0.3 is 56.8 Å². The standard InChI is InChI=1S/2C22H30N2O4.C22H28N2O4/c3*25-13-23-17-5-4-15-10-18-22(28)7-6-16(26)11-21(22,19(15)20(17)27)8-9-24(18)12-14-2-1-3-14/h2*4-5,13-14,16,18,26-28H,1-3,6-12H2,(H,23,25);4-5,13-14,18,27-28H,1-3,6-12H2,(H,23,25)/t16-,18+,21+,22+;16-,18-,21-,22-;18-,21-,22-/m011/s1. The van der Waals surface area contributed by atoms with Crippen molar-refractivity contribution in [3.8, 4) is 17.2 Å². The van der Waals surface area contributed by atoms with Gasteiger partial charge in [-0.3, -0.25) is 33.9 Å². The minimum Gasteiger partial charge on any atom is -0.505 e. The van der Waals surface area contributed by atoms with E-state index in [0.717, 1.165) is 97.7 Å². The van der Waals surface area contributed by atoms with Crippen molar-refractivity contribution < 1.29 is 60.0 Å². The molecule has 3 heterocycles. The zero-order chi connectivity index (χ0) is 58.6. The predicted octanol–water partition coefficient (Wildman–Crippen LogP) is 5.92. The lowest BCUT2D eigenvalue weighted by Crippen LogP contribution is -2.73. The average molecular weight is 1160 g/mol. The molecule has 84 heavy (non-hydrogen) atoms. The molecule has 3 aromatic rings. The molecule has 6 saturated carbocycles. The number of nitrogens with one attached hydrogen (secondary N) is 3. The van der Waals surface area contributed by atoms with Crippen LogP contribution in [0.15, 0.2) is 36.4 Å². The second-order valence-corrected chi connectivity index (χ2v) is 28.1. The number of phenols is 3. The molecule has 11 atom stereocenters. The van der Waals surface area contributed by atoms with Crippen molar-refractivity contribution in [2.24, 2.45) is 17.8 Å². The van der Waals surface area contributed by atoms with Gasteiger partial charge in [-0.05, 0) is 194 Å². The second kappa shape index (κ2) is 21.9. The van der Waals surface area contributed by atoms with Crippen LogP contribution in [0.2, 0.25) is 0 Å². The minimum atomic E-state index is -1.02. The monoisotopic (exact) mass is 1160 g/mol. The molecule has 3 aromatic carbocycles. The van der Waals surface area contributed by atoms with Crippen molar-refractivity contribution in [2.75, 3.05) is 55.2 Å². The summed E-state index contributed by atoms with van der Waals surface area (Å²) in [5.41, 5.74) is 1.33. The van der Waals surface area contributed by atoms with E-state index in [0.29, 0.717) is 119 Å². The first kappa shape index (κ1) is 57.9. The van der Waals surface area contributed by atoms with Crippen LogP contribution in [0.4, 0.5) is 17.1 Å². The van der Waals surface area contributed by atoms with Crippen molar-refractivity contribution in [3.63, 3.8) is 0 Å². The Labute approximate surface area is 492 Å². The van der Waals surface area contributed by atoms with E-state index in [4.69, 9.17) is 0 Å². The van der Waals surface area contributed by atoms with Gasteiger partial charge in [0.15, 0.2) is 0 Å². The van der Waals surface area contributed by atoms with E-state index in [1.807, 2.05) is 18.2 Å². The molecule has 11 N–H and O–H groups in total. The van der Waals surface area contributed by atoms with Gasteiger partial charge in [0.2, 0.25) is 19.2 Å². The van der Waals surface area contributed by atoms with Crippen LogP contribution < -0.4 is 16.0 Å². The van der Waals surface area contributed by atoms with Gasteiger partial charge in [-0.15, -0.1) is 0 Å². The second-order valence-electron chi connectivity index (χ2n) is 28.1. The summed E-state index contributed by atoms with van der Waals surface area (Å²) in [6.07, 6.45) is 20.8. The van der Waals surface area contributed by atoms with Crippen molar-refractivity contribution >= 4 is 42.1 Å². The third kappa shape index (κ3) is 8.89. The Kier molecular flexibility index (Phi) is 15.1. The van der Waals surface area contributed by atoms with Crippen LogP contribution >= 0.6 is 0 Å². The van der Waals surface area contributed by atoms with E-state index >= 15 is 0 Å². The van der Waals surface area contributed by atoms with E-state index in [1.54, 1.807) is 18.2 Å². The van der Waals surface area contributed by atoms with Crippen LogP contribution in [0.1, 0.15) is 168 Å². The smallest absolute Gasteiger partial charge is 0.211 e. The number of aromatic hydroxyl groups is 3. The molecule has 3 saturated heterocycles. The fraction of sp³-hybridized carbons (Fsp3) is 0.667. The number of aliphatic hydroxyl groups excluding tert-OH is 2. The fourth-order valence-corrected chi connectivity index (χ4v) is 19.6. The zero-order valence-electron chi connectivity index (χ0n) is 48.6. The summed E-state index contributed by atoms with van der Waals surface area (Å²) in [5.74, 6) is 2.47. The Morgan fingerprint density at radius 2 is 0.798 bits per heavy atom. The number of nitrogens with zero attached hydrogens (tertiary/aromatic N) is 3. The van der Waals surface area contributed by atoms with Crippen LogP contribution in [0.5, 0.6) is 17.2 Å². The van der Waals surface area contributed by atoms with Gasteiger partial charge in [-0.2, -0.15) is 0 Å². The molecule has 3 amide bonds. The summed E-state index contributed by atoms with van der Waals surface area (Å²) in [4.78, 5) is 52.8. The highest BCUT2D eigenvalue weighted by atomic mass is 16.3. The lowest BCUT2D eigenvalue weighted by molar-refractivity contribution is -0.185. The lowest BCUT2D eigenvalue weighted by Gasteiger charge is -2.64. The highest BCUT2D eigenvalue weighted by molar-refractivity contribution is 5.85. The maximum Gasteiger partial charge on any atom is 0.211 e. The molecule has 0 radical (unpaired) electrons. The molecule has 0 aromatic heterocycles. The lowest BCUT2D eigenvalue weighted by atomic mass is 9.49. The number of anilines is 3. The number of aliphatic hydroxyl groups is 5. The molecular weight excluding hydrogens is 1070 g/mol. The number of hydrogen-bond acceptors (Lipinski definition) is 15. The van der Waals surface area contributed by atoms with Gasteiger partial charge >= 0.3 is 0 Å². The third-order valence-corrected chi connectivity index (χ3v) is 24.4. The molecule has 12 aliphatic rings. The van der Waals surface area contributed by atoms with Gasteiger partial charge in [-0.1, -0.05) is 37.5 Å². The first-order valence-electron chi connectivity index (χ1n) is 31.9. The Hall–Kier alpha value is -5.18. The Morgan fingerprint density at radius 3 is 1.13 bits per heavy atom. The van der Waals surface area contributed by atoms with Crippen LogP contribution in [-0.4, -0.2) is 167 Å². The van der Waals surface area contributed by atoms with Crippen molar-refractivity contribution in [1.82, 2.24) is 14.7 Å². The number of Topliss-reactive ketones (excluding diaryl/α,β-unsaturated/α-hetero) is 1. The van der Waals surface area contributed by atoms with Crippen LogP contribution in [0.25, 0.3) is 0 Å². The van der Waals surface area contributed by atoms with Crippen molar-refractivity contribution in [3.05, 3.63) is 69.8 Å². The van der Waals surface area contributed by atoms with Crippen LogP contribution in [0, 0.1) is 17.8 Å². The molecule has 18 nitrogen and oxygen atoms in total. The first-order chi connectivity index (χ1) is 40.4. The molecule has 6 bridgehead atoms. The number of hydrogen-bond donors (Lipinski definition) is 11. The van der Waals surface area contributed by atoms with Crippen LogP contribution in [-0.2, 0) is 54.7 Å². The van der Waals surface area contributed by atoms with E-state index in [1.165, 1.54) is 57.8 Å². The highest BCUT2D eigenvalue weighted by Crippen LogP contribution is 2.64. The molecule has 3 aliphatic heterocycles. The number of piperidine rings is 3. The summed E-state index contributed by atoms with van der Waals surface area (Å²) >= 11 is 0. The van der Waals surface area contributed by atoms with Gasteiger partial charge in [0.25, 0.3) is 0 Å². The van der Waals surface area contributed by atoms with Gasteiger partial charge in [0.1, 0.15) is 23.0 Å². The molecule has 0 spiro atoms. The summed E-state index contributed by atoms with van der Waals surface area (Å²) in [7, 11) is 0. The normalized spacial score (nSPS) is 36.6. The van der Waals surface area contributed by atoms with E-state index in [-0.39, 0.29) is 47.6 Å². The van der Waals surface area contributed by atoms with Crippen LogP contribution in [0.3, 0.4) is 0 Å². The fourth-order valence-electron chi connectivity index (χ4n) is 19.6. The quantitative estimate of drug-likeness (QED) is 0.0742. The highest BCUT2D eigenvalue weighted by Gasteiger charge is 2.69. The van der Waals surface area contributed by atoms with E-state index in [9.17, 15) is 60.0 Å². The zero-order valence-corrected chi connectivity index (χ0v) is 48.6. The van der Waals surface area contributed by atoms with Gasteiger partial charge in [0.05, 0.1) is 46.1 Å². The number of amides is 3. The molecule has 9 aliphatic carbocycles. The largest absolute Gasteiger partial charge is 0.505 e. The topological polar surface area (TPSA) is 276 Å². The number of carbonyl (C=O) groups is 4.